The van der Waals surface area contributed by atoms with Crippen LogP contribution < -0.4 is 0 Å². The van der Waals surface area contributed by atoms with Crippen molar-refractivity contribution in [3.05, 3.63) is 48.0 Å². The van der Waals surface area contributed by atoms with Crippen molar-refractivity contribution in [1.29, 1.82) is 0 Å². The van der Waals surface area contributed by atoms with Crippen LogP contribution in [-0.4, -0.2) is 20.5 Å². The highest BCUT2D eigenvalue weighted by Crippen LogP contribution is 2.48. The second-order valence-corrected chi connectivity index (χ2v) is 8.45. The Labute approximate surface area is 137 Å². The first-order valence-electron chi connectivity index (χ1n) is 7.96. The van der Waals surface area contributed by atoms with Gasteiger partial charge in [-0.3, -0.25) is 8.98 Å². The van der Waals surface area contributed by atoms with Gasteiger partial charge in [-0.05, 0) is 36.7 Å². The van der Waals surface area contributed by atoms with E-state index in [1.807, 2.05) is 30.3 Å². The summed E-state index contributed by atoms with van der Waals surface area (Å²) in [5.41, 5.74) is 1.90. The molecule has 5 heteroatoms. The molecule has 2 aliphatic rings. The lowest BCUT2D eigenvalue weighted by Gasteiger charge is -2.42. The molecule has 0 saturated heterocycles. The Bertz CT molecular complexity index is 708. The molecule has 1 aromatic rings. The summed E-state index contributed by atoms with van der Waals surface area (Å²) >= 11 is 0. The topological polar surface area (TPSA) is 60.4 Å². The number of carbonyl (C=O) groups is 1. The Morgan fingerprint density at radius 3 is 2.52 bits per heavy atom. The van der Waals surface area contributed by atoms with Gasteiger partial charge in [-0.1, -0.05) is 42.5 Å². The largest absolute Gasteiger partial charge is 0.299 e. The predicted octanol–water partition coefficient (Wildman–Crippen LogP) is 3.27. The molecule has 124 valence electrons. The SMILES string of the molecule is C=C1C[C@H]2CC(=O)C([C@H](OS(C)(=O)=O)c3ccccc3)[C@@H](C1)C2. The van der Waals surface area contributed by atoms with Gasteiger partial charge in [0, 0.05) is 6.42 Å². The molecular formula is C18H22O4S. The number of allylic oxidation sites excluding steroid dienone is 1. The number of fused-ring (bicyclic) bond motifs is 2. The normalized spacial score (nSPS) is 29.3. The fraction of sp³-hybridized carbons (Fsp3) is 0.500. The minimum Gasteiger partial charge on any atom is -0.299 e. The van der Waals surface area contributed by atoms with E-state index in [2.05, 4.69) is 6.58 Å². The van der Waals surface area contributed by atoms with E-state index in [0.29, 0.717) is 12.3 Å². The minimum absolute atomic E-state index is 0.120. The number of ketones is 1. The molecule has 0 aromatic heterocycles. The van der Waals surface area contributed by atoms with Gasteiger partial charge in [0.1, 0.15) is 11.9 Å². The summed E-state index contributed by atoms with van der Waals surface area (Å²) in [6, 6.07) is 9.19. The first-order valence-corrected chi connectivity index (χ1v) is 9.77. The molecule has 2 fully saturated rings. The van der Waals surface area contributed by atoms with Crippen LogP contribution >= 0.6 is 0 Å². The maximum absolute atomic E-state index is 12.7. The molecule has 1 aromatic carbocycles. The number of carbonyl (C=O) groups excluding carboxylic acids is 1. The zero-order valence-corrected chi connectivity index (χ0v) is 14.1. The molecule has 2 saturated carbocycles. The Kier molecular flexibility index (Phi) is 4.43. The molecule has 0 radical (unpaired) electrons. The average Bonchev–Trinajstić information content (AvgIpc) is 2.44. The van der Waals surface area contributed by atoms with E-state index >= 15 is 0 Å². The highest BCUT2D eigenvalue weighted by Gasteiger charge is 2.45. The maximum Gasteiger partial charge on any atom is 0.264 e. The first kappa shape index (κ1) is 16.4. The van der Waals surface area contributed by atoms with E-state index in [1.165, 1.54) is 0 Å². The first-order chi connectivity index (χ1) is 10.8. The standard InChI is InChI=1S/C18H22O4S/c1-12-8-13-10-15(9-12)17(16(19)11-13)18(22-23(2,20)21)14-6-4-3-5-7-14/h3-7,13,15,17-18H,1,8-11H2,2H3/t13-,15+,17?,18-/m1/s1. The van der Waals surface area contributed by atoms with Gasteiger partial charge in [0.25, 0.3) is 10.1 Å². The van der Waals surface area contributed by atoms with Crippen LogP contribution in [0.2, 0.25) is 0 Å². The van der Waals surface area contributed by atoms with Crippen molar-refractivity contribution < 1.29 is 17.4 Å². The summed E-state index contributed by atoms with van der Waals surface area (Å²) in [7, 11) is -3.66. The Morgan fingerprint density at radius 2 is 1.87 bits per heavy atom. The van der Waals surface area contributed by atoms with Gasteiger partial charge in [0.15, 0.2) is 0 Å². The lowest BCUT2D eigenvalue weighted by atomic mass is 9.63. The second-order valence-electron chi connectivity index (χ2n) is 6.85. The molecule has 3 rings (SSSR count). The van der Waals surface area contributed by atoms with E-state index in [-0.39, 0.29) is 11.7 Å². The summed E-state index contributed by atoms with van der Waals surface area (Å²) in [5, 5.41) is 0. The Morgan fingerprint density at radius 1 is 1.17 bits per heavy atom. The molecular weight excluding hydrogens is 312 g/mol. The molecule has 0 amide bonds. The molecule has 0 aliphatic heterocycles. The fourth-order valence-corrected chi connectivity index (χ4v) is 4.75. The molecule has 2 aliphatic carbocycles. The van der Waals surface area contributed by atoms with Crippen LogP contribution in [0.25, 0.3) is 0 Å². The van der Waals surface area contributed by atoms with Gasteiger partial charge in [-0.15, -0.1) is 0 Å². The van der Waals surface area contributed by atoms with Gasteiger partial charge in [0.05, 0.1) is 12.2 Å². The van der Waals surface area contributed by atoms with Gasteiger partial charge in [-0.2, -0.15) is 8.42 Å². The summed E-state index contributed by atoms with van der Waals surface area (Å²) in [6.07, 6.45) is 3.44. The highest BCUT2D eigenvalue weighted by molar-refractivity contribution is 7.86. The zero-order valence-electron chi connectivity index (χ0n) is 13.3. The van der Waals surface area contributed by atoms with Gasteiger partial charge < -0.3 is 0 Å². The third-order valence-corrected chi connectivity index (χ3v) is 5.42. The molecule has 2 bridgehead atoms. The van der Waals surface area contributed by atoms with Gasteiger partial charge in [-0.25, -0.2) is 0 Å². The smallest absolute Gasteiger partial charge is 0.264 e. The fourth-order valence-electron chi connectivity index (χ4n) is 4.14. The van der Waals surface area contributed by atoms with E-state index in [0.717, 1.165) is 36.7 Å². The maximum atomic E-state index is 12.7. The van der Waals surface area contributed by atoms with Crippen LogP contribution in [0.3, 0.4) is 0 Å². The summed E-state index contributed by atoms with van der Waals surface area (Å²) in [5.74, 6) is 0.186. The van der Waals surface area contributed by atoms with Crippen LogP contribution in [0.4, 0.5) is 0 Å². The second kappa shape index (κ2) is 6.21. The van der Waals surface area contributed by atoms with Crippen molar-refractivity contribution in [2.24, 2.45) is 17.8 Å². The number of hydrogen-bond donors (Lipinski definition) is 0. The minimum atomic E-state index is -3.66. The lowest BCUT2D eigenvalue weighted by Crippen LogP contribution is -2.41. The third kappa shape index (κ3) is 3.72. The quantitative estimate of drug-likeness (QED) is 0.626. The van der Waals surface area contributed by atoms with Gasteiger partial charge >= 0.3 is 0 Å². The van der Waals surface area contributed by atoms with E-state index < -0.39 is 22.1 Å². The van der Waals surface area contributed by atoms with Crippen LogP contribution in [-0.2, 0) is 19.1 Å². The van der Waals surface area contributed by atoms with Crippen LogP contribution in [0.15, 0.2) is 42.5 Å². The lowest BCUT2D eigenvalue weighted by molar-refractivity contribution is -0.133. The molecule has 4 nitrogen and oxygen atoms in total. The van der Waals surface area contributed by atoms with E-state index in [9.17, 15) is 13.2 Å². The zero-order chi connectivity index (χ0) is 16.6. The average molecular weight is 334 g/mol. The monoisotopic (exact) mass is 334 g/mol. The molecule has 0 N–H and O–H groups in total. The van der Waals surface area contributed by atoms with Crippen LogP contribution in [0, 0.1) is 17.8 Å². The molecule has 4 atom stereocenters. The predicted molar refractivity (Wildman–Crippen MR) is 88.2 cm³/mol. The van der Waals surface area contributed by atoms with Gasteiger partial charge in [0.2, 0.25) is 0 Å². The van der Waals surface area contributed by atoms with Crippen LogP contribution in [0.1, 0.15) is 37.4 Å². The summed E-state index contributed by atoms with van der Waals surface area (Å²) < 4.78 is 28.9. The number of rotatable bonds is 4. The summed E-state index contributed by atoms with van der Waals surface area (Å²) in [6.45, 7) is 4.09. The Hall–Kier alpha value is -1.46. The third-order valence-electron chi connectivity index (χ3n) is 4.87. The highest BCUT2D eigenvalue weighted by atomic mass is 32.2. The molecule has 23 heavy (non-hydrogen) atoms. The van der Waals surface area contributed by atoms with Crippen molar-refractivity contribution in [3.63, 3.8) is 0 Å². The van der Waals surface area contributed by atoms with Crippen LogP contribution in [0.5, 0.6) is 0 Å². The Balaban J connectivity index is 1.98. The van der Waals surface area contributed by atoms with Crippen molar-refractivity contribution in [2.45, 2.75) is 31.8 Å². The molecule has 1 unspecified atom stereocenters. The van der Waals surface area contributed by atoms with Crippen molar-refractivity contribution in [2.75, 3.05) is 6.26 Å². The molecule has 0 heterocycles. The van der Waals surface area contributed by atoms with Crippen molar-refractivity contribution in [1.82, 2.24) is 0 Å². The van der Waals surface area contributed by atoms with Crippen molar-refractivity contribution in [3.8, 4) is 0 Å². The number of hydrogen-bond acceptors (Lipinski definition) is 4. The van der Waals surface area contributed by atoms with E-state index in [1.54, 1.807) is 0 Å². The number of benzene rings is 1. The number of Topliss-reactive ketones (excluding diaryl/α,β-unsaturated/α-hetero) is 1. The van der Waals surface area contributed by atoms with E-state index in [4.69, 9.17) is 4.18 Å². The molecule has 0 spiro atoms. The van der Waals surface area contributed by atoms with Crippen molar-refractivity contribution >= 4 is 15.9 Å². The summed E-state index contributed by atoms with van der Waals surface area (Å²) in [4.78, 5) is 12.7.